The van der Waals surface area contributed by atoms with Gasteiger partial charge in [0.05, 0.1) is 5.69 Å². The van der Waals surface area contributed by atoms with Crippen molar-refractivity contribution in [2.45, 2.75) is 13.8 Å². The summed E-state index contributed by atoms with van der Waals surface area (Å²) in [6, 6.07) is 8.53. The lowest BCUT2D eigenvalue weighted by Gasteiger charge is -2.03. The lowest BCUT2D eigenvalue weighted by atomic mass is 10.0. The molecular formula is C19H17FN4S. The molecule has 25 heavy (non-hydrogen) atoms. The molecule has 126 valence electrons. The standard InChI is InChI=1S/C19H17FN4S/c1-3-21-19-24-17(11(2)25-19)16-10-23-18-15(16)8-13(9-22-18)12-4-6-14(20)7-5-12/h4-10H,3H2,1-2H3,(H,21,24)(H,22,23). The number of H-pyrrole nitrogens is 1. The molecule has 0 saturated heterocycles. The van der Waals surface area contributed by atoms with E-state index >= 15 is 0 Å². The number of fused-ring (bicyclic) bond motifs is 1. The highest BCUT2D eigenvalue weighted by molar-refractivity contribution is 7.16. The van der Waals surface area contributed by atoms with Crippen LogP contribution < -0.4 is 5.32 Å². The van der Waals surface area contributed by atoms with Crippen molar-refractivity contribution < 1.29 is 4.39 Å². The Morgan fingerprint density at radius 1 is 1.20 bits per heavy atom. The summed E-state index contributed by atoms with van der Waals surface area (Å²) in [6.07, 6.45) is 3.75. The lowest BCUT2D eigenvalue weighted by Crippen LogP contribution is -1.94. The van der Waals surface area contributed by atoms with E-state index < -0.39 is 0 Å². The highest BCUT2D eigenvalue weighted by Gasteiger charge is 2.15. The van der Waals surface area contributed by atoms with Gasteiger partial charge in [-0.3, -0.25) is 0 Å². The molecule has 4 rings (SSSR count). The highest BCUT2D eigenvalue weighted by Crippen LogP contribution is 2.35. The molecule has 2 N–H and O–H groups in total. The minimum atomic E-state index is -0.242. The number of halogens is 1. The third-order valence-corrected chi connectivity index (χ3v) is 5.02. The van der Waals surface area contributed by atoms with E-state index in [1.54, 1.807) is 29.7 Å². The fourth-order valence-corrected chi connectivity index (χ4v) is 3.77. The average Bonchev–Trinajstić information content (AvgIpc) is 3.18. The predicted octanol–water partition coefficient (Wildman–Crippen LogP) is 5.23. The maximum absolute atomic E-state index is 13.2. The average molecular weight is 352 g/mol. The first-order valence-corrected chi connectivity index (χ1v) is 8.92. The summed E-state index contributed by atoms with van der Waals surface area (Å²) in [5, 5.41) is 5.20. The van der Waals surface area contributed by atoms with Crippen molar-refractivity contribution in [2.24, 2.45) is 0 Å². The minimum absolute atomic E-state index is 0.242. The van der Waals surface area contributed by atoms with Crippen LogP contribution in [0.25, 0.3) is 33.4 Å². The summed E-state index contributed by atoms with van der Waals surface area (Å²) in [5.74, 6) is -0.242. The summed E-state index contributed by atoms with van der Waals surface area (Å²) < 4.78 is 13.2. The van der Waals surface area contributed by atoms with Crippen LogP contribution in [0.5, 0.6) is 0 Å². The lowest BCUT2D eigenvalue weighted by molar-refractivity contribution is 0.628. The van der Waals surface area contributed by atoms with Crippen LogP contribution in [-0.4, -0.2) is 21.5 Å². The number of thiazole rings is 1. The zero-order valence-electron chi connectivity index (χ0n) is 13.9. The monoisotopic (exact) mass is 352 g/mol. The number of hydrogen-bond acceptors (Lipinski definition) is 4. The van der Waals surface area contributed by atoms with Crippen LogP contribution in [0.2, 0.25) is 0 Å². The van der Waals surface area contributed by atoms with Gasteiger partial charge in [-0.25, -0.2) is 14.4 Å². The van der Waals surface area contributed by atoms with Gasteiger partial charge in [0.15, 0.2) is 5.13 Å². The smallest absolute Gasteiger partial charge is 0.183 e. The molecule has 0 saturated carbocycles. The van der Waals surface area contributed by atoms with Crippen LogP contribution in [-0.2, 0) is 0 Å². The maximum Gasteiger partial charge on any atom is 0.183 e. The number of pyridine rings is 1. The molecule has 0 spiro atoms. The molecule has 4 aromatic rings. The van der Waals surface area contributed by atoms with Crippen molar-refractivity contribution in [2.75, 3.05) is 11.9 Å². The number of nitrogens with zero attached hydrogens (tertiary/aromatic N) is 2. The van der Waals surface area contributed by atoms with Crippen LogP contribution in [0, 0.1) is 12.7 Å². The number of aromatic amines is 1. The fourth-order valence-electron chi connectivity index (χ4n) is 2.87. The van der Waals surface area contributed by atoms with Crippen molar-refractivity contribution in [1.29, 1.82) is 0 Å². The molecule has 1 aromatic carbocycles. The predicted molar refractivity (Wildman–Crippen MR) is 101 cm³/mol. The van der Waals surface area contributed by atoms with Crippen molar-refractivity contribution >= 4 is 27.5 Å². The van der Waals surface area contributed by atoms with Crippen LogP contribution in [0.15, 0.2) is 42.7 Å². The number of aryl methyl sites for hydroxylation is 1. The molecule has 0 aliphatic rings. The third kappa shape index (κ3) is 2.89. The van der Waals surface area contributed by atoms with Gasteiger partial charge in [0, 0.05) is 40.3 Å². The van der Waals surface area contributed by atoms with E-state index in [0.29, 0.717) is 0 Å². The van der Waals surface area contributed by atoms with Gasteiger partial charge in [-0.15, -0.1) is 11.3 Å². The third-order valence-electron chi connectivity index (χ3n) is 4.09. The van der Waals surface area contributed by atoms with Gasteiger partial charge in [0.25, 0.3) is 0 Å². The minimum Gasteiger partial charge on any atom is -0.362 e. The molecule has 0 amide bonds. The maximum atomic E-state index is 13.2. The largest absolute Gasteiger partial charge is 0.362 e. The molecule has 4 nitrogen and oxygen atoms in total. The number of anilines is 1. The van der Waals surface area contributed by atoms with E-state index in [1.807, 2.05) is 6.20 Å². The molecule has 0 fully saturated rings. The van der Waals surface area contributed by atoms with Crippen LogP contribution in [0.1, 0.15) is 11.8 Å². The Labute approximate surface area is 148 Å². The molecule has 3 heterocycles. The van der Waals surface area contributed by atoms with Gasteiger partial charge in [-0.2, -0.15) is 0 Å². The Morgan fingerprint density at radius 3 is 2.76 bits per heavy atom. The number of benzene rings is 1. The van der Waals surface area contributed by atoms with E-state index in [2.05, 4.69) is 35.2 Å². The van der Waals surface area contributed by atoms with Gasteiger partial charge in [0.2, 0.25) is 0 Å². The zero-order valence-corrected chi connectivity index (χ0v) is 14.7. The molecule has 6 heteroatoms. The molecule has 3 aromatic heterocycles. The van der Waals surface area contributed by atoms with E-state index in [0.717, 1.165) is 50.0 Å². The second-order valence-corrected chi connectivity index (χ2v) is 6.99. The molecule has 0 unspecified atom stereocenters. The highest BCUT2D eigenvalue weighted by atomic mass is 32.1. The van der Waals surface area contributed by atoms with Crippen LogP contribution >= 0.6 is 11.3 Å². The van der Waals surface area contributed by atoms with Gasteiger partial charge in [-0.1, -0.05) is 12.1 Å². The zero-order chi connectivity index (χ0) is 17.4. The van der Waals surface area contributed by atoms with E-state index in [4.69, 9.17) is 4.98 Å². The normalized spacial score (nSPS) is 11.2. The van der Waals surface area contributed by atoms with Gasteiger partial charge < -0.3 is 10.3 Å². The number of hydrogen-bond donors (Lipinski definition) is 2. The van der Waals surface area contributed by atoms with Gasteiger partial charge >= 0.3 is 0 Å². The summed E-state index contributed by atoms with van der Waals surface area (Å²) in [4.78, 5) is 13.6. The van der Waals surface area contributed by atoms with Crippen molar-refractivity contribution in [3.63, 3.8) is 0 Å². The Balaban J connectivity index is 1.83. The topological polar surface area (TPSA) is 53.6 Å². The molecular weight excluding hydrogens is 335 g/mol. The number of rotatable bonds is 4. The van der Waals surface area contributed by atoms with Crippen molar-refractivity contribution in [1.82, 2.24) is 15.0 Å². The molecule has 0 radical (unpaired) electrons. The second kappa shape index (κ2) is 6.29. The number of aromatic nitrogens is 3. The van der Waals surface area contributed by atoms with Gasteiger partial charge in [-0.05, 0) is 37.6 Å². The molecule has 0 atom stereocenters. The first-order chi connectivity index (χ1) is 12.2. The number of nitrogens with one attached hydrogen (secondary N) is 2. The summed E-state index contributed by atoms with van der Waals surface area (Å²) >= 11 is 1.65. The first kappa shape index (κ1) is 15.8. The molecule has 0 bridgehead atoms. The second-order valence-electron chi connectivity index (χ2n) is 5.78. The first-order valence-electron chi connectivity index (χ1n) is 8.10. The summed E-state index contributed by atoms with van der Waals surface area (Å²) in [5.41, 5.74) is 4.70. The quantitative estimate of drug-likeness (QED) is 0.528. The van der Waals surface area contributed by atoms with E-state index in [9.17, 15) is 4.39 Å². The Hall–Kier alpha value is -2.73. The summed E-state index contributed by atoms with van der Waals surface area (Å²) in [7, 11) is 0. The van der Waals surface area contributed by atoms with Crippen LogP contribution in [0.3, 0.4) is 0 Å². The van der Waals surface area contributed by atoms with Gasteiger partial charge in [0.1, 0.15) is 11.5 Å². The van der Waals surface area contributed by atoms with Crippen LogP contribution in [0.4, 0.5) is 9.52 Å². The van der Waals surface area contributed by atoms with Crippen molar-refractivity contribution in [3.05, 3.63) is 53.4 Å². The molecule has 0 aliphatic heterocycles. The fraction of sp³-hybridized carbons (Fsp3) is 0.158. The summed E-state index contributed by atoms with van der Waals surface area (Å²) in [6.45, 7) is 4.97. The van der Waals surface area contributed by atoms with E-state index in [-0.39, 0.29) is 5.82 Å². The van der Waals surface area contributed by atoms with Crippen molar-refractivity contribution in [3.8, 4) is 22.4 Å². The Kier molecular flexibility index (Phi) is 3.97. The molecule has 0 aliphatic carbocycles. The Bertz CT molecular complexity index is 1030. The van der Waals surface area contributed by atoms with E-state index in [1.165, 1.54) is 12.1 Å². The SMILES string of the molecule is CCNc1nc(-c2c[nH]c3ncc(-c4ccc(F)cc4)cc23)c(C)s1. The Morgan fingerprint density at radius 2 is 2.00 bits per heavy atom.